The topological polar surface area (TPSA) is 88.2 Å². The lowest BCUT2D eigenvalue weighted by Gasteiger charge is -2.40. The molecule has 0 aromatic heterocycles. The van der Waals surface area contributed by atoms with Gasteiger partial charge in [-0.1, -0.05) is 46.3 Å². The second-order valence-electron chi connectivity index (χ2n) is 9.83. The third-order valence-electron chi connectivity index (χ3n) is 5.88. The van der Waals surface area contributed by atoms with Crippen molar-refractivity contribution < 1.29 is 23.9 Å². The Hall–Kier alpha value is -2.91. The number of morpholine rings is 1. The Balaban J connectivity index is 1.50. The van der Waals surface area contributed by atoms with Gasteiger partial charge in [0.2, 0.25) is 5.91 Å². The van der Waals surface area contributed by atoms with Gasteiger partial charge >= 0.3 is 6.09 Å². The van der Waals surface area contributed by atoms with Crippen LogP contribution in [0.2, 0.25) is 0 Å². The van der Waals surface area contributed by atoms with E-state index in [1.54, 1.807) is 21.9 Å². The molecule has 3 amide bonds. The molecule has 2 aliphatic heterocycles. The number of carbonyl (C=O) groups is 3. The molecular weight excluding hydrogens is 514 g/mol. The number of halogens is 1. The van der Waals surface area contributed by atoms with Gasteiger partial charge in [-0.3, -0.25) is 9.59 Å². The third kappa shape index (κ3) is 6.41. The number of anilines is 1. The van der Waals surface area contributed by atoms with Crippen molar-refractivity contribution in [1.82, 2.24) is 9.80 Å². The van der Waals surface area contributed by atoms with E-state index in [2.05, 4.69) is 21.2 Å². The van der Waals surface area contributed by atoms with Crippen molar-refractivity contribution in [2.45, 2.75) is 57.6 Å². The first kappa shape index (κ1) is 25.2. The molecule has 2 aliphatic rings. The number of hydrogen-bond acceptors (Lipinski definition) is 5. The van der Waals surface area contributed by atoms with Crippen molar-refractivity contribution in [3.63, 3.8) is 0 Å². The Morgan fingerprint density at radius 3 is 2.43 bits per heavy atom. The molecule has 0 spiro atoms. The van der Waals surface area contributed by atoms with Crippen molar-refractivity contribution in [1.29, 1.82) is 0 Å². The number of benzene rings is 2. The van der Waals surface area contributed by atoms with Crippen LogP contribution in [0.3, 0.4) is 0 Å². The molecule has 0 aliphatic carbocycles. The molecule has 4 rings (SSSR count). The molecule has 0 radical (unpaired) electrons. The molecule has 2 fully saturated rings. The zero-order valence-corrected chi connectivity index (χ0v) is 21.7. The van der Waals surface area contributed by atoms with Gasteiger partial charge in [-0.2, -0.15) is 0 Å². The maximum absolute atomic E-state index is 13.5. The lowest BCUT2D eigenvalue weighted by molar-refractivity contribution is -0.169. The van der Waals surface area contributed by atoms with E-state index in [-0.39, 0.29) is 24.3 Å². The molecule has 1 N–H and O–H groups in total. The quantitative estimate of drug-likeness (QED) is 0.610. The van der Waals surface area contributed by atoms with Crippen molar-refractivity contribution in [3.8, 4) is 0 Å². The monoisotopic (exact) mass is 543 g/mol. The second-order valence-corrected chi connectivity index (χ2v) is 10.7. The molecule has 35 heavy (non-hydrogen) atoms. The molecule has 2 aromatic carbocycles. The fraction of sp³-hybridized carbons (Fsp3) is 0.423. The van der Waals surface area contributed by atoms with Crippen LogP contribution in [-0.2, 0) is 25.6 Å². The SMILES string of the molecule is CC(C)(C)OC(=O)N1CC2OC(CC(=O)Nc3ccc(Br)cc3)C(=O)N(Cc3ccccc3)C2C1. The van der Waals surface area contributed by atoms with Gasteiger partial charge in [-0.05, 0) is 50.6 Å². The van der Waals surface area contributed by atoms with E-state index in [4.69, 9.17) is 9.47 Å². The smallest absolute Gasteiger partial charge is 0.410 e. The third-order valence-corrected chi connectivity index (χ3v) is 6.41. The van der Waals surface area contributed by atoms with E-state index in [1.165, 1.54) is 0 Å². The molecule has 3 atom stereocenters. The number of hydrogen-bond donors (Lipinski definition) is 1. The maximum Gasteiger partial charge on any atom is 0.410 e. The van der Waals surface area contributed by atoms with Crippen LogP contribution >= 0.6 is 15.9 Å². The molecule has 0 bridgehead atoms. The van der Waals surface area contributed by atoms with Crippen LogP contribution in [0.15, 0.2) is 59.1 Å². The average molecular weight is 544 g/mol. The fourth-order valence-electron chi connectivity index (χ4n) is 4.31. The van der Waals surface area contributed by atoms with Crippen LogP contribution < -0.4 is 5.32 Å². The molecule has 0 saturated carbocycles. The van der Waals surface area contributed by atoms with Crippen LogP contribution in [0.1, 0.15) is 32.8 Å². The molecule has 186 valence electrons. The summed E-state index contributed by atoms with van der Waals surface area (Å²) in [6.45, 7) is 6.43. The summed E-state index contributed by atoms with van der Waals surface area (Å²) in [6, 6.07) is 16.6. The van der Waals surface area contributed by atoms with E-state index in [9.17, 15) is 14.4 Å². The minimum atomic E-state index is -0.936. The summed E-state index contributed by atoms with van der Waals surface area (Å²) in [5.41, 5.74) is 0.978. The van der Waals surface area contributed by atoms with Gasteiger partial charge in [0.1, 0.15) is 11.7 Å². The van der Waals surface area contributed by atoms with Gasteiger partial charge in [0.05, 0.1) is 25.1 Å². The molecular formula is C26H30BrN3O5. The van der Waals surface area contributed by atoms with Crippen LogP contribution in [0, 0.1) is 0 Å². The van der Waals surface area contributed by atoms with Crippen molar-refractivity contribution in [2.24, 2.45) is 0 Å². The molecule has 8 nitrogen and oxygen atoms in total. The maximum atomic E-state index is 13.5. The first-order valence-corrected chi connectivity index (χ1v) is 12.4. The number of rotatable bonds is 5. The molecule has 2 saturated heterocycles. The average Bonchev–Trinajstić information content (AvgIpc) is 3.22. The summed E-state index contributed by atoms with van der Waals surface area (Å²) < 4.78 is 12.6. The van der Waals surface area contributed by atoms with Crippen LogP contribution in [0.5, 0.6) is 0 Å². The highest BCUT2D eigenvalue weighted by molar-refractivity contribution is 9.10. The highest BCUT2D eigenvalue weighted by Crippen LogP contribution is 2.30. The van der Waals surface area contributed by atoms with Gasteiger partial charge < -0.3 is 24.6 Å². The van der Waals surface area contributed by atoms with Crippen molar-refractivity contribution in [2.75, 3.05) is 18.4 Å². The van der Waals surface area contributed by atoms with Crippen LogP contribution in [-0.4, -0.2) is 64.6 Å². The number of nitrogens with one attached hydrogen (secondary N) is 1. The first-order chi connectivity index (χ1) is 16.6. The van der Waals surface area contributed by atoms with Crippen molar-refractivity contribution in [3.05, 3.63) is 64.6 Å². The van der Waals surface area contributed by atoms with E-state index >= 15 is 0 Å². The number of fused-ring (bicyclic) bond motifs is 1. The minimum Gasteiger partial charge on any atom is -0.444 e. The van der Waals surface area contributed by atoms with E-state index in [1.807, 2.05) is 63.2 Å². The molecule has 9 heteroatoms. The highest BCUT2D eigenvalue weighted by atomic mass is 79.9. The fourth-order valence-corrected chi connectivity index (χ4v) is 4.57. The van der Waals surface area contributed by atoms with Gasteiger partial charge in [0.25, 0.3) is 5.91 Å². The van der Waals surface area contributed by atoms with E-state index < -0.39 is 23.9 Å². The predicted octanol–water partition coefficient (Wildman–Crippen LogP) is 4.19. The standard InChI is InChI=1S/C26H30BrN3O5/c1-26(2,3)35-25(33)29-15-20-22(16-29)34-21(13-23(31)28-19-11-9-18(27)10-12-19)24(32)30(20)14-17-7-5-4-6-8-17/h4-12,20-22H,13-16H2,1-3H3,(H,28,31). The van der Waals surface area contributed by atoms with Gasteiger partial charge in [0.15, 0.2) is 0 Å². The highest BCUT2D eigenvalue weighted by Gasteiger charge is 2.49. The summed E-state index contributed by atoms with van der Waals surface area (Å²) in [5.74, 6) is -0.571. The lowest BCUT2D eigenvalue weighted by atomic mass is 10.0. The minimum absolute atomic E-state index is 0.115. The lowest BCUT2D eigenvalue weighted by Crippen LogP contribution is -2.58. The normalized spacial score (nSPS) is 22.1. The number of carbonyl (C=O) groups excluding carboxylic acids is 3. The van der Waals surface area contributed by atoms with Gasteiger partial charge in [-0.15, -0.1) is 0 Å². The summed E-state index contributed by atoms with van der Waals surface area (Å²) in [4.78, 5) is 42.3. The summed E-state index contributed by atoms with van der Waals surface area (Å²) >= 11 is 3.37. The zero-order chi connectivity index (χ0) is 25.2. The summed E-state index contributed by atoms with van der Waals surface area (Å²) in [7, 11) is 0. The summed E-state index contributed by atoms with van der Waals surface area (Å²) in [5, 5.41) is 2.82. The van der Waals surface area contributed by atoms with E-state index in [0.717, 1.165) is 10.0 Å². The van der Waals surface area contributed by atoms with Gasteiger partial charge in [-0.25, -0.2) is 4.79 Å². The number of likely N-dealkylation sites (tertiary alicyclic amines) is 1. The predicted molar refractivity (Wildman–Crippen MR) is 135 cm³/mol. The van der Waals surface area contributed by atoms with Crippen LogP contribution in [0.25, 0.3) is 0 Å². The Morgan fingerprint density at radius 1 is 1.09 bits per heavy atom. The molecule has 2 aromatic rings. The Labute approximate surface area is 213 Å². The van der Waals surface area contributed by atoms with Crippen molar-refractivity contribution >= 4 is 39.5 Å². The zero-order valence-electron chi connectivity index (χ0n) is 20.1. The first-order valence-electron chi connectivity index (χ1n) is 11.6. The number of nitrogens with zero attached hydrogens (tertiary/aromatic N) is 2. The Morgan fingerprint density at radius 2 is 1.77 bits per heavy atom. The molecule has 3 unspecified atom stereocenters. The summed E-state index contributed by atoms with van der Waals surface area (Å²) in [6.07, 6.45) is -1.90. The molecule has 2 heterocycles. The second kappa shape index (κ2) is 10.4. The van der Waals surface area contributed by atoms with Crippen LogP contribution in [0.4, 0.5) is 10.5 Å². The van der Waals surface area contributed by atoms with E-state index in [0.29, 0.717) is 25.3 Å². The largest absolute Gasteiger partial charge is 0.444 e. The van der Waals surface area contributed by atoms with Gasteiger partial charge in [0, 0.05) is 23.2 Å². The Kier molecular flexibility index (Phi) is 7.47. The Bertz CT molecular complexity index is 1070. The number of amides is 3. The number of ether oxygens (including phenoxy) is 2.